The number of nitrogens with zero attached hydrogens (tertiary/aromatic N) is 4. The van der Waals surface area contributed by atoms with E-state index in [1.807, 2.05) is 0 Å². The van der Waals surface area contributed by atoms with Gasteiger partial charge in [0, 0.05) is 59.1 Å². The second-order valence-corrected chi connectivity index (χ2v) is 5.59. The summed E-state index contributed by atoms with van der Waals surface area (Å²) in [6.45, 7) is 12.2. The predicted molar refractivity (Wildman–Crippen MR) is 84.5 cm³/mol. The summed E-state index contributed by atoms with van der Waals surface area (Å²) in [5.74, 6) is 1.12. The Morgan fingerprint density at radius 3 is 2.65 bits per heavy atom. The summed E-state index contributed by atoms with van der Waals surface area (Å²) >= 11 is 0. The molecule has 1 aromatic rings. The number of rotatable bonds is 7. The van der Waals surface area contributed by atoms with E-state index in [4.69, 9.17) is 4.98 Å². The topological polar surface area (TPSA) is 36.3 Å². The first-order valence-corrected chi connectivity index (χ1v) is 7.94. The standard InChI is InChI=1S/C15H29N5/c1-4-8-20-13-14(5-2)17-15(20)18(3)11-12-19-9-6-16-7-10-19/h13,16H,4-12H2,1-3H3. The molecule has 1 aliphatic rings. The van der Waals surface area contributed by atoms with Crippen molar-refractivity contribution >= 4 is 5.95 Å². The first kappa shape index (κ1) is 15.3. The molecular formula is C15H29N5. The molecule has 20 heavy (non-hydrogen) atoms. The van der Waals surface area contributed by atoms with E-state index in [1.54, 1.807) is 0 Å². The van der Waals surface area contributed by atoms with Crippen LogP contribution in [0.4, 0.5) is 5.95 Å². The van der Waals surface area contributed by atoms with E-state index in [9.17, 15) is 0 Å². The molecule has 5 heteroatoms. The zero-order valence-corrected chi connectivity index (χ0v) is 13.2. The highest BCUT2D eigenvalue weighted by Gasteiger charge is 2.14. The van der Waals surface area contributed by atoms with Crippen LogP contribution in [0.1, 0.15) is 26.0 Å². The fourth-order valence-corrected chi connectivity index (χ4v) is 2.67. The van der Waals surface area contributed by atoms with Gasteiger partial charge in [0.05, 0.1) is 5.69 Å². The first-order valence-electron chi connectivity index (χ1n) is 7.94. The van der Waals surface area contributed by atoms with Crippen LogP contribution in [0.25, 0.3) is 0 Å². The van der Waals surface area contributed by atoms with Crippen LogP contribution in [-0.2, 0) is 13.0 Å². The summed E-state index contributed by atoms with van der Waals surface area (Å²) in [4.78, 5) is 9.60. The van der Waals surface area contributed by atoms with Crippen molar-refractivity contribution in [1.82, 2.24) is 19.8 Å². The van der Waals surface area contributed by atoms with Gasteiger partial charge in [-0.3, -0.25) is 4.90 Å². The monoisotopic (exact) mass is 279 g/mol. The van der Waals surface area contributed by atoms with E-state index in [-0.39, 0.29) is 0 Å². The number of aryl methyl sites for hydroxylation is 2. The number of hydrogen-bond donors (Lipinski definition) is 1. The lowest BCUT2D eigenvalue weighted by atomic mass is 10.3. The Kier molecular flexibility index (Phi) is 5.86. The molecule has 1 saturated heterocycles. The number of likely N-dealkylation sites (N-methyl/N-ethyl adjacent to an activating group) is 1. The van der Waals surface area contributed by atoms with Crippen LogP contribution in [0.15, 0.2) is 6.20 Å². The van der Waals surface area contributed by atoms with Gasteiger partial charge in [0.2, 0.25) is 5.95 Å². The lowest BCUT2D eigenvalue weighted by Crippen LogP contribution is -2.46. The quantitative estimate of drug-likeness (QED) is 0.813. The van der Waals surface area contributed by atoms with Crippen LogP contribution in [-0.4, -0.2) is 60.8 Å². The average Bonchev–Trinajstić information content (AvgIpc) is 2.89. The maximum Gasteiger partial charge on any atom is 0.205 e. The first-order chi connectivity index (χ1) is 9.74. The van der Waals surface area contributed by atoms with Crippen molar-refractivity contribution in [3.63, 3.8) is 0 Å². The van der Waals surface area contributed by atoms with Gasteiger partial charge < -0.3 is 14.8 Å². The SMILES string of the molecule is CCCn1cc(CC)nc1N(C)CCN1CCNCC1. The third-order valence-corrected chi connectivity index (χ3v) is 3.93. The summed E-state index contributed by atoms with van der Waals surface area (Å²) in [6.07, 6.45) is 4.37. The van der Waals surface area contributed by atoms with E-state index in [0.717, 1.165) is 64.6 Å². The van der Waals surface area contributed by atoms with Crippen LogP contribution in [0.5, 0.6) is 0 Å². The number of imidazole rings is 1. The molecule has 1 fully saturated rings. The Labute approximate surface area is 123 Å². The summed E-state index contributed by atoms with van der Waals surface area (Å²) in [6, 6.07) is 0. The maximum atomic E-state index is 4.77. The summed E-state index contributed by atoms with van der Waals surface area (Å²) in [5.41, 5.74) is 1.20. The second kappa shape index (κ2) is 7.64. The van der Waals surface area contributed by atoms with Crippen molar-refractivity contribution in [2.75, 3.05) is 51.2 Å². The Balaban J connectivity index is 1.92. The van der Waals surface area contributed by atoms with Crippen molar-refractivity contribution in [2.24, 2.45) is 0 Å². The van der Waals surface area contributed by atoms with Gasteiger partial charge in [-0.2, -0.15) is 0 Å². The van der Waals surface area contributed by atoms with Gasteiger partial charge >= 0.3 is 0 Å². The third kappa shape index (κ3) is 3.96. The van der Waals surface area contributed by atoms with E-state index in [0.29, 0.717) is 0 Å². The highest BCUT2D eigenvalue weighted by molar-refractivity contribution is 5.32. The number of aromatic nitrogens is 2. The molecule has 0 atom stereocenters. The summed E-state index contributed by atoms with van der Waals surface area (Å²) in [5, 5.41) is 3.40. The minimum Gasteiger partial charge on any atom is -0.344 e. The molecule has 1 N–H and O–H groups in total. The molecule has 114 valence electrons. The van der Waals surface area contributed by atoms with Crippen molar-refractivity contribution in [1.29, 1.82) is 0 Å². The van der Waals surface area contributed by atoms with E-state index in [1.165, 1.54) is 5.69 Å². The number of piperazine rings is 1. The average molecular weight is 279 g/mol. The number of hydrogen-bond acceptors (Lipinski definition) is 4. The maximum absolute atomic E-state index is 4.77. The van der Waals surface area contributed by atoms with Gasteiger partial charge in [-0.25, -0.2) is 4.98 Å². The highest BCUT2D eigenvalue weighted by atomic mass is 15.3. The zero-order chi connectivity index (χ0) is 14.4. The van der Waals surface area contributed by atoms with Crippen LogP contribution in [0.2, 0.25) is 0 Å². The molecule has 0 aliphatic carbocycles. The zero-order valence-electron chi connectivity index (χ0n) is 13.2. The van der Waals surface area contributed by atoms with E-state index >= 15 is 0 Å². The molecule has 2 rings (SSSR count). The third-order valence-electron chi connectivity index (χ3n) is 3.93. The molecule has 0 saturated carbocycles. The van der Waals surface area contributed by atoms with Gasteiger partial charge in [-0.05, 0) is 12.8 Å². The largest absolute Gasteiger partial charge is 0.344 e. The predicted octanol–water partition coefficient (Wildman–Crippen LogP) is 1.20. The van der Waals surface area contributed by atoms with Gasteiger partial charge in [-0.1, -0.05) is 13.8 Å². The molecule has 0 aromatic carbocycles. The van der Waals surface area contributed by atoms with Crippen LogP contribution in [0.3, 0.4) is 0 Å². The van der Waals surface area contributed by atoms with Crippen LogP contribution < -0.4 is 10.2 Å². The van der Waals surface area contributed by atoms with Crippen molar-refractivity contribution < 1.29 is 0 Å². The molecule has 0 spiro atoms. The number of anilines is 1. The minimum atomic E-state index is 1.01. The second-order valence-electron chi connectivity index (χ2n) is 5.59. The van der Waals surface area contributed by atoms with E-state index < -0.39 is 0 Å². The van der Waals surface area contributed by atoms with E-state index in [2.05, 4.69) is 46.8 Å². The number of nitrogens with one attached hydrogen (secondary N) is 1. The Hall–Kier alpha value is -1.07. The summed E-state index contributed by atoms with van der Waals surface area (Å²) in [7, 11) is 2.16. The minimum absolute atomic E-state index is 1.01. The molecular weight excluding hydrogens is 250 g/mol. The van der Waals surface area contributed by atoms with Gasteiger partial charge in [0.1, 0.15) is 0 Å². The lowest BCUT2D eigenvalue weighted by molar-refractivity contribution is 0.246. The van der Waals surface area contributed by atoms with Gasteiger partial charge in [0.15, 0.2) is 0 Å². The molecule has 1 aliphatic heterocycles. The smallest absolute Gasteiger partial charge is 0.205 e. The summed E-state index contributed by atoms with van der Waals surface area (Å²) < 4.78 is 2.30. The lowest BCUT2D eigenvalue weighted by Gasteiger charge is -2.29. The molecule has 0 bridgehead atoms. The van der Waals surface area contributed by atoms with Crippen molar-refractivity contribution in [3.8, 4) is 0 Å². The molecule has 2 heterocycles. The molecule has 0 amide bonds. The van der Waals surface area contributed by atoms with Crippen molar-refractivity contribution in [2.45, 2.75) is 33.2 Å². The Morgan fingerprint density at radius 2 is 2.00 bits per heavy atom. The van der Waals surface area contributed by atoms with Gasteiger partial charge in [-0.15, -0.1) is 0 Å². The molecule has 0 unspecified atom stereocenters. The Bertz CT molecular complexity index is 395. The van der Waals surface area contributed by atoms with Crippen LogP contribution >= 0.6 is 0 Å². The molecule has 1 aromatic heterocycles. The fraction of sp³-hybridized carbons (Fsp3) is 0.800. The fourth-order valence-electron chi connectivity index (χ4n) is 2.67. The Morgan fingerprint density at radius 1 is 1.25 bits per heavy atom. The highest BCUT2D eigenvalue weighted by Crippen LogP contribution is 2.14. The van der Waals surface area contributed by atoms with Crippen molar-refractivity contribution in [3.05, 3.63) is 11.9 Å². The normalized spacial score (nSPS) is 16.6. The van der Waals surface area contributed by atoms with Gasteiger partial charge in [0.25, 0.3) is 0 Å². The molecule has 5 nitrogen and oxygen atoms in total. The van der Waals surface area contributed by atoms with Crippen LogP contribution in [0, 0.1) is 0 Å². The molecule has 0 radical (unpaired) electrons.